The Balaban J connectivity index is 1.92. The summed E-state index contributed by atoms with van der Waals surface area (Å²) in [6.45, 7) is 11.6. The van der Waals surface area contributed by atoms with Crippen LogP contribution in [0, 0.1) is 0 Å². The second kappa shape index (κ2) is 5.23. The lowest BCUT2D eigenvalue weighted by Gasteiger charge is -2.42. The van der Waals surface area contributed by atoms with E-state index in [1.807, 2.05) is 0 Å². The molecule has 2 heterocycles. The van der Waals surface area contributed by atoms with E-state index >= 15 is 0 Å². The maximum Gasteiger partial charge on any atom is 0.0388 e. The Morgan fingerprint density at radius 3 is 2.65 bits per heavy atom. The van der Waals surface area contributed by atoms with Crippen molar-refractivity contribution in [3.63, 3.8) is 0 Å². The van der Waals surface area contributed by atoms with Gasteiger partial charge in [-0.25, -0.2) is 0 Å². The maximum atomic E-state index is 2.60. The lowest BCUT2D eigenvalue weighted by atomic mass is 10.1. The molecule has 0 spiro atoms. The van der Waals surface area contributed by atoms with Crippen LogP contribution >= 0.6 is 0 Å². The summed E-state index contributed by atoms with van der Waals surface area (Å²) < 4.78 is 2.22. The summed E-state index contributed by atoms with van der Waals surface area (Å²) in [5.41, 5.74) is 1.41. The molecule has 1 saturated heterocycles. The molecule has 3 nitrogen and oxygen atoms in total. The average molecular weight is 235 g/mol. The summed E-state index contributed by atoms with van der Waals surface area (Å²) in [7, 11) is 2.13. The van der Waals surface area contributed by atoms with E-state index in [2.05, 4.69) is 60.5 Å². The van der Waals surface area contributed by atoms with Gasteiger partial charge >= 0.3 is 0 Å². The molecular weight excluding hydrogens is 210 g/mol. The first-order valence-corrected chi connectivity index (χ1v) is 6.66. The lowest BCUT2D eigenvalue weighted by Crippen LogP contribution is -2.53. The van der Waals surface area contributed by atoms with Crippen molar-refractivity contribution in [3.8, 4) is 0 Å². The highest BCUT2D eigenvalue weighted by Crippen LogP contribution is 2.15. The predicted molar refractivity (Wildman–Crippen MR) is 72.0 cm³/mol. The van der Waals surface area contributed by atoms with E-state index in [-0.39, 0.29) is 0 Å². The van der Waals surface area contributed by atoms with Gasteiger partial charge in [-0.15, -0.1) is 0 Å². The van der Waals surface area contributed by atoms with E-state index in [9.17, 15) is 0 Å². The molecule has 1 aliphatic heterocycles. The van der Waals surface area contributed by atoms with Gasteiger partial charge < -0.3 is 4.57 Å². The molecule has 1 aliphatic rings. The molecular formula is C14H25N3. The van der Waals surface area contributed by atoms with Crippen molar-refractivity contribution in [3.05, 3.63) is 24.0 Å². The topological polar surface area (TPSA) is 11.4 Å². The molecule has 0 bridgehead atoms. The van der Waals surface area contributed by atoms with Crippen molar-refractivity contribution in [2.45, 2.75) is 39.4 Å². The van der Waals surface area contributed by atoms with Crippen LogP contribution in [0.2, 0.25) is 0 Å². The van der Waals surface area contributed by atoms with Gasteiger partial charge in [0.05, 0.1) is 0 Å². The molecule has 2 rings (SSSR count). The molecule has 17 heavy (non-hydrogen) atoms. The zero-order valence-corrected chi connectivity index (χ0v) is 11.6. The predicted octanol–water partition coefficient (Wildman–Crippen LogP) is 1.94. The van der Waals surface area contributed by atoms with E-state index in [4.69, 9.17) is 0 Å². The molecule has 1 fully saturated rings. The monoisotopic (exact) mass is 235 g/mol. The van der Waals surface area contributed by atoms with E-state index in [0.29, 0.717) is 12.1 Å². The molecule has 96 valence electrons. The summed E-state index contributed by atoms with van der Waals surface area (Å²) >= 11 is 0. The van der Waals surface area contributed by atoms with Gasteiger partial charge in [0.15, 0.2) is 0 Å². The van der Waals surface area contributed by atoms with Crippen LogP contribution in [0.1, 0.15) is 26.5 Å². The average Bonchev–Trinajstić information content (AvgIpc) is 2.64. The summed E-state index contributed by atoms with van der Waals surface area (Å²) in [6.07, 6.45) is 2.13. The largest absolute Gasteiger partial charge is 0.353 e. The van der Waals surface area contributed by atoms with Crippen LogP contribution in [-0.2, 0) is 13.6 Å². The Kier molecular flexibility index (Phi) is 3.89. The van der Waals surface area contributed by atoms with Gasteiger partial charge in [-0.1, -0.05) is 0 Å². The summed E-state index contributed by atoms with van der Waals surface area (Å²) in [6, 6.07) is 5.69. The second-order valence-electron chi connectivity index (χ2n) is 5.53. The van der Waals surface area contributed by atoms with Gasteiger partial charge in [0.1, 0.15) is 0 Å². The normalized spacial score (nSPS) is 23.5. The first kappa shape index (κ1) is 12.7. The van der Waals surface area contributed by atoms with E-state index in [0.717, 1.165) is 6.54 Å². The van der Waals surface area contributed by atoms with Gasteiger partial charge in [-0.05, 0) is 32.9 Å². The summed E-state index contributed by atoms with van der Waals surface area (Å²) in [4.78, 5) is 5.17. The minimum Gasteiger partial charge on any atom is -0.353 e. The standard InChI is InChI=1S/C14H25N3/c1-12(2)17-9-8-16(10-13(17)3)11-14-6-5-7-15(14)4/h5-7,12-13H,8-11H2,1-4H3/t13-/m1/s1. The molecule has 0 amide bonds. The third-order valence-electron chi connectivity index (χ3n) is 3.86. The molecule has 1 aromatic heterocycles. The van der Waals surface area contributed by atoms with Crippen LogP contribution in [0.3, 0.4) is 0 Å². The second-order valence-corrected chi connectivity index (χ2v) is 5.53. The van der Waals surface area contributed by atoms with E-state index < -0.39 is 0 Å². The quantitative estimate of drug-likeness (QED) is 0.793. The van der Waals surface area contributed by atoms with Gasteiger partial charge in [-0.3, -0.25) is 9.80 Å². The number of rotatable bonds is 3. The Hall–Kier alpha value is -0.800. The van der Waals surface area contributed by atoms with Gasteiger partial charge in [-0.2, -0.15) is 0 Å². The SMILES string of the molecule is CC(C)N1CCN(Cc2cccn2C)C[C@H]1C. The Labute approximate surface area is 105 Å². The first-order valence-electron chi connectivity index (χ1n) is 6.66. The number of nitrogens with zero attached hydrogens (tertiary/aromatic N) is 3. The van der Waals surface area contributed by atoms with Crippen molar-refractivity contribution in [2.24, 2.45) is 7.05 Å². The van der Waals surface area contributed by atoms with Gasteiger partial charge in [0.25, 0.3) is 0 Å². The molecule has 0 saturated carbocycles. The fraction of sp³-hybridized carbons (Fsp3) is 0.714. The zero-order chi connectivity index (χ0) is 12.4. The Morgan fingerprint density at radius 1 is 1.35 bits per heavy atom. The fourth-order valence-corrected chi connectivity index (χ4v) is 2.85. The number of hydrogen-bond donors (Lipinski definition) is 0. The highest BCUT2D eigenvalue weighted by molar-refractivity contribution is 5.06. The first-order chi connectivity index (χ1) is 8.08. The molecule has 0 radical (unpaired) electrons. The molecule has 0 aliphatic carbocycles. The molecule has 0 unspecified atom stereocenters. The van der Waals surface area contributed by atoms with Crippen LogP contribution in [0.25, 0.3) is 0 Å². The third kappa shape index (κ3) is 2.90. The molecule has 3 heteroatoms. The number of piperazine rings is 1. The van der Waals surface area contributed by atoms with Crippen LogP contribution in [0.15, 0.2) is 18.3 Å². The number of aryl methyl sites for hydroxylation is 1. The molecule has 1 atom stereocenters. The highest BCUT2D eigenvalue weighted by Gasteiger charge is 2.25. The van der Waals surface area contributed by atoms with Gasteiger partial charge in [0.2, 0.25) is 0 Å². The molecule has 0 N–H and O–H groups in total. The Morgan fingerprint density at radius 2 is 2.12 bits per heavy atom. The molecule has 0 aromatic carbocycles. The summed E-state index contributed by atoms with van der Waals surface area (Å²) in [5.74, 6) is 0. The summed E-state index contributed by atoms with van der Waals surface area (Å²) in [5, 5.41) is 0. The van der Waals surface area contributed by atoms with Gasteiger partial charge in [0, 0.05) is 57.2 Å². The molecule has 1 aromatic rings. The van der Waals surface area contributed by atoms with Crippen LogP contribution in [0.5, 0.6) is 0 Å². The Bertz CT molecular complexity index is 356. The van der Waals surface area contributed by atoms with Crippen LogP contribution in [-0.4, -0.2) is 46.1 Å². The maximum absolute atomic E-state index is 2.60. The minimum absolute atomic E-state index is 0.669. The van der Waals surface area contributed by atoms with Crippen molar-refractivity contribution >= 4 is 0 Å². The van der Waals surface area contributed by atoms with E-state index in [1.165, 1.54) is 25.3 Å². The van der Waals surface area contributed by atoms with Crippen molar-refractivity contribution in [1.29, 1.82) is 0 Å². The van der Waals surface area contributed by atoms with E-state index in [1.54, 1.807) is 0 Å². The fourth-order valence-electron chi connectivity index (χ4n) is 2.85. The van der Waals surface area contributed by atoms with Crippen molar-refractivity contribution in [1.82, 2.24) is 14.4 Å². The number of hydrogen-bond acceptors (Lipinski definition) is 2. The number of aromatic nitrogens is 1. The third-order valence-corrected chi connectivity index (χ3v) is 3.86. The van der Waals surface area contributed by atoms with Crippen molar-refractivity contribution in [2.75, 3.05) is 19.6 Å². The lowest BCUT2D eigenvalue weighted by molar-refractivity contribution is 0.0554. The minimum atomic E-state index is 0.669. The van der Waals surface area contributed by atoms with Crippen LogP contribution in [0.4, 0.5) is 0 Å². The smallest absolute Gasteiger partial charge is 0.0388 e. The highest BCUT2D eigenvalue weighted by atomic mass is 15.3. The zero-order valence-electron chi connectivity index (χ0n) is 11.6. The van der Waals surface area contributed by atoms with Crippen LogP contribution < -0.4 is 0 Å². The van der Waals surface area contributed by atoms with Crippen molar-refractivity contribution < 1.29 is 0 Å².